The van der Waals surface area contributed by atoms with Crippen molar-refractivity contribution in [1.82, 2.24) is 15.1 Å². The molecule has 1 aromatic rings. The molecule has 0 aromatic heterocycles. The monoisotopic (exact) mass is 391 g/mol. The average Bonchev–Trinajstić information content (AvgIpc) is 2.63. The number of benzene rings is 1. The van der Waals surface area contributed by atoms with Gasteiger partial charge in [0.2, 0.25) is 0 Å². The highest BCUT2D eigenvalue weighted by molar-refractivity contribution is 5.77. The Morgan fingerprint density at radius 3 is 2.25 bits per heavy atom. The number of methoxy groups -OCH3 is 1. The number of hydrogen-bond acceptors (Lipinski definition) is 6. The van der Waals surface area contributed by atoms with Crippen molar-refractivity contribution in [3.05, 3.63) is 35.4 Å². The first-order valence-electron chi connectivity index (χ1n) is 9.74. The first-order chi connectivity index (χ1) is 13.2. The van der Waals surface area contributed by atoms with Gasteiger partial charge in [-0.25, -0.2) is 4.79 Å². The summed E-state index contributed by atoms with van der Waals surface area (Å²) in [6, 6.07) is 8.05. The van der Waals surface area contributed by atoms with Crippen LogP contribution >= 0.6 is 0 Å². The van der Waals surface area contributed by atoms with Crippen molar-refractivity contribution < 1.29 is 19.1 Å². The van der Waals surface area contributed by atoms with Gasteiger partial charge in [0, 0.05) is 39.3 Å². The first-order valence-corrected chi connectivity index (χ1v) is 9.74. The molecule has 1 N–H and O–H groups in total. The minimum absolute atomic E-state index is 0.166. The molecule has 1 heterocycles. The van der Waals surface area contributed by atoms with E-state index < -0.39 is 17.7 Å². The Balaban J connectivity index is 1.87. The van der Waals surface area contributed by atoms with Crippen molar-refractivity contribution in [3.8, 4) is 0 Å². The second-order valence-corrected chi connectivity index (χ2v) is 8.22. The number of carbonyl (C=O) groups is 2. The lowest BCUT2D eigenvalue weighted by Crippen LogP contribution is -2.56. The van der Waals surface area contributed by atoms with Crippen LogP contribution in [0.1, 0.15) is 31.9 Å². The number of carbonyl (C=O) groups excluding carboxylic acids is 2. The van der Waals surface area contributed by atoms with Gasteiger partial charge in [-0.2, -0.15) is 0 Å². The van der Waals surface area contributed by atoms with Crippen molar-refractivity contribution in [2.24, 2.45) is 0 Å². The van der Waals surface area contributed by atoms with Crippen molar-refractivity contribution in [2.75, 3.05) is 39.8 Å². The smallest absolute Gasteiger partial charge is 0.407 e. The van der Waals surface area contributed by atoms with Crippen molar-refractivity contribution in [3.63, 3.8) is 0 Å². The Morgan fingerprint density at radius 1 is 1.11 bits per heavy atom. The van der Waals surface area contributed by atoms with Gasteiger partial charge in [0.05, 0.1) is 7.11 Å². The van der Waals surface area contributed by atoms with Crippen LogP contribution in [0.5, 0.6) is 0 Å². The minimum Gasteiger partial charge on any atom is -0.468 e. The number of esters is 1. The number of aryl methyl sites for hydroxylation is 1. The van der Waals surface area contributed by atoms with Gasteiger partial charge in [0.25, 0.3) is 0 Å². The first kappa shape index (κ1) is 22.2. The molecule has 7 nitrogen and oxygen atoms in total. The summed E-state index contributed by atoms with van der Waals surface area (Å²) in [4.78, 5) is 28.6. The Hall–Kier alpha value is -2.12. The summed E-state index contributed by atoms with van der Waals surface area (Å²) >= 11 is 0. The van der Waals surface area contributed by atoms with Gasteiger partial charge < -0.3 is 14.8 Å². The Labute approximate surface area is 168 Å². The molecule has 2 rings (SSSR count). The van der Waals surface area contributed by atoms with Gasteiger partial charge in [0.1, 0.15) is 11.6 Å². The molecule has 0 spiro atoms. The van der Waals surface area contributed by atoms with Crippen molar-refractivity contribution in [2.45, 2.75) is 45.9 Å². The number of amides is 1. The van der Waals surface area contributed by atoms with E-state index in [-0.39, 0.29) is 12.5 Å². The highest BCUT2D eigenvalue weighted by Crippen LogP contribution is 2.13. The third-order valence-corrected chi connectivity index (χ3v) is 4.69. The molecule has 156 valence electrons. The predicted molar refractivity (Wildman–Crippen MR) is 108 cm³/mol. The summed E-state index contributed by atoms with van der Waals surface area (Å²) in [5.41, 5.74) is 1.97. The Bertz CT molecular complexity index is 647. The van der Waals surface area contributed by atoms with Crippen LogP contribution in [0.4, 0.5) is 4.79 Å². The lowest BCUT2D eigenvalue weighted by molar-refractivity contribution is -0.147. The minimum atomic E-state index is -0.577. The zero-order chi connectivity index (χ0) is 20.7. The Kier molecular flexibility index (Phi) is 7.83. The Morgan fingerprint density at radius 2 is 1.71 bits per heavy atom. The summed E-state index contributed by atoms with van der Waals surface area (Å²) in [6.45, 7) is 11.7. The molecular formula is C21H33N3O4. The molecule has 1 fully saturated rings. The summed E-state index contributed by atoms with van der Waals surface area (Å²) < 4.78 is 10.2. The molecule has 0 saturated carbocycles. The van der Waals surface area contributed by atoms with E-state index in [9.17, 15) is 9.59 Å². The molecule has 1 aliphatic rings. The van der Waals surface area contributed by atoms with Gasteiger partial charge >= 0.3 is 12.1 Å². The molecule has 0 bridgehead atoms. The van der Waals surface area contributed by atoms with E-state index in [0.29, 0.717) is 0 Å². The summed E-state index contributed by atoms with van der Waals surface area (Å²) in [5.74, 6) is -0.344. The molecule has 7 heteroatoms. The van der Waals surface area contributed by atoms with Crippen LogP contribution in [0.25, 0.3) is 0 Å². The van der Waals surface area contributed by atoms with Crippen LogP contribution in [-0.4, -0.2) is 73.3 Å². The molecule has 1 aliphatic heterocycles. The fourth-order valence-electron chi connectivity index (χ4n) is 3.18. The van der Waals surface area contributed by atoms with Crippen LogP contribution in [0.2, 0.25) is 0 Å². The molecule has 0 aliphatic carbocycles. The van der Waals surface area contributed by atoms with Gasteiger partial charge in [-0.1, -0.05) is 29.8 Å². The molecule has 1 atom stereocenters. The largest absolute Gasteiger partial charge is 0.468 e. The third-order valence-electron chi connectivity index (χ3n) is 4.69. The quantitative estimate of drug-likeness (QED) is 0.750. The standard InChI is InChI=1S/C21H33N3O4/c1-16-6-8-17(9-7-16)15-23-10-12-24(13-11-23)18(19(25)27-5)14-22-20(26)28-21(2,3)4/h6-9,18H,10-15H2,1-5H3,(H,22,26)/t18-/m0/s1. The number of piperazine rings is 1. The van der Waals surface area contributed by atoms with E-state index in [1.54, 1.807) is 20.8 Å². The lowest BCUT2D eigenvalue weighted by Gasteiger charge is -2.38. The zero-order valence-electron chi connectivity index (χ0n) is 17.7. The topological polar surface area (TPSA) is 71.1 Å². The molecule has 1 aromatic carbocycles. The van der Waals surface area contributed by atoms with Crippen molar-refractivity contribution >= 4 is 12.1 Å². The number of rotatable bonds is 6. The number of alkyl carbamates (subject to hydrolysis) is 1. The van der Waals surface area contributed by atoms with E-state index in [2.05, 4.69) is 46.3 Å². The number of hydrogen-bond donors (Lipinski definition) is 1. The van der Waals surface area contributed by atoms with Crippen LogP contribution in [0, 0.1) is 6.92 Å². The second kappa shape index (κ2) is 9.89. The summed E-state index contributed by atoms with van der Waals surface area (Å²) in [7, 11) is 1.37. The van der Waals surface area contributed by atoms with E-state index >= 15 is 0 Å². The molecular weight excluding hydrogens is 358 g/mol. The highest BCUT2D eigenvalue weighted by atomic mass is 16.6. The van der Waals surface area contributed by atoms with Crippen LogP contribution < -0.4 is 5.32 Å². The number of nitrogens with one attached hydrogen (secondary N) is 1. The van der Waals surface area contributed by atoms with Gasteiger partial charge in [-0.3, -0.25) is 14.6 Å². The summed E-state index contributed by atoms with van der Waals surface area (Å²) in [6.07, 6.45) is -0.528. The molecule has 0 unspecified atom stereocenters. The highest BCUT2D eigenvalue weighted by Gasteiger charge is 2.30. The van der Waals surface area contributed by atoms with Crippen LogP contribution in [0.3, 0.4) is 0 Å². The normalized spacial score (nSPS) is 17.0. The predicted octanol–water partition coefficient (Wildman–Crippen LogP) is 2.18. The maximum atomic E-state index is 12.2. The fraction of sp³-hybridized carbons (Fsp3) is 0.619. The lowest BCUT2D eigenvalue weighted by atomic mass is 10.1. The van der Waals surface area contributed by atoms with E-state index in [0.717, 1.165) is 32.7 Å². The second-order valence-electron chi connectivity index (χ2n) is 8.22. The molecule has 1 saturated heterocycles. The molecule has 1 amide bonds. The molecule has 0 radical (unpaired) electrons. The number of nitrogens with zero attached hydrogens (tertiary/aromatic N) is 2. The van der Waals surface area contributed by atoms with Crippen LogP contribution in [-0.2, 0) is 20.8 Å². The fourth-order valence-corrected chi connectivity index (χ4v) is 3.18. The van der Waals surface area contributed by atoms with Gasteiger partial charge in [0.15, 0.2) is 0 Å². The maximum Gasteiger partial charge on any atom is 0.407 e. The van der Waals surface area contributed by atoms with Crippen LogP contribution in [0.15, 0.2) is 24.3 Å². The van der Waals surface area contributed by atoms with E-state index in [1.165, 1.54) is 18.2 Å². The van der Waals surface area contributed by atoms with E-state index in [1.807, 2.05) is 0 Å². The third kappa shape index (κ3) is 7.13. The SMILES string of the molecule is COC(=O)[C@H](CNC(=O)OC(C)(C)C)N1CCN(Cc2ccc(C)cc2)CC1. The number of ether oxygens (including phenoxy) is 2. The van der Waals surface area contributed by atoms with E-state index in [4.69, 9.17) is 9.47 Å². The van der Waals surface area contributed by atoms with Gasteiger partial charge in [-0.15, -0.1) is 0 Å². The zero-order valence-corrected chi connectivity index (χ0v) is 17.7. The maximum absolute atomic E-state index is 12.2. The van der Waals surface area contributed by atoms with Gasteiger partial charge in [-0.05, 0) is 33.3 Å². The average molecular weight is 392 g/mol. The molecule has 28 heavy (non-hydrogen) atoms. The van der Waals surface area contributed by atoms with Crippen molar-refractivity contribution in [1.29, 1.82) is 0 Å². The summed E-state index contributed by atoms with van der Waals surface area (Å²) in [5, 5.41) is 2.69.